The fraction of sp³-hybridized carbons (Fsp3) is 0.533. The third kappa shape index (κ3) is 3.70. The first-order valence-corrected chi connectivity index (χ1v) is 6.71. The highest BCUT2D eigenvalue weighted by Crippen LogP contribution is 2.26. The maximum absolute atomic E-state index is 11.8. The summed E-state index contributed by atoms with van der Waals surface area (Å²) in [7, 11) is 0. The molecule has 0 radical (unpaired) electrons. The van der Waals surface area contributed by atoms with Gasteiger partial charge in [-0.25, -0.2) is 0 Å². The molecule has 4 heteroatoms. The van der Waals surface area contributed by atoms with E-state index in [1.165, 1.54) is 0 Å². The van der Waals surface area contributed by atoms with Crippen molar-refractivity contribution in [3.8, 4) is 0 Å². The van der Waals surface area contributed by atoms with Crippen LogP contribution in [0, 0.1) is 5.41 Å². The SMILES string of the molecule is CC(C)NC(=O)c1ccc(NCC2(C)COC2)cc1. The summed E-state index contributed by atoms with van der Waals surface area (Å²) in [4.78, 5) is 11.8. The minimum atomic E-state index is -0.0269. The third-order valence-corrected chi connectivity index (χ3v) is 3.19. The van der Waals surface area contributed by atoms with Crippen LogP contribution in [0.25, 0.3) is 0 Å². The molecule has 104 valence electrons. The van der Waals surface area contributed by atoms with E-state index in [-0.39, 0.29) is 17.4 Å². The van der Waals surface area contributed by atoms with Gasteiger partial charge in [-0.1, -0.05) is 6.92 Å². The zero-order valence-electron chi connectivity index (χ0n) is 11.8. The number of hydrogen-bond acceptors (Lipinski definition) is 3. The fourth-order valence-corrected chi connectivity index (χ4v) is 1.95. The normalized spacial score (nSPS) is 16.8. The van der Waals surface area contributed by atoms with Crippen LogP contribution in [0.4, 0.5) is 5.69 Å². The van der Waals surface area contributed by atoms with Gasteiger partial charge < -0.3 is 15.4 Å². The zero-order chi connectivity index (χ0) is 13.9. The van der Waals surface area contributed by atoms with Crippen LogP contribution >= 0.6 is 0 Å². The molecule has 2 rings (SSSR count). The van der Waals surface area contributed by atoms with Gasteiger partial charge >= 0.3 is 0 Å². The second-order valence-corrected chi connectivity index (χ2v) is 5.86. The van der Waals surface area contributed by atoms with Crippen molar-refractivity contribution in [2.24, 2.45) is 5.41 Å². The topological polar surface area (TPSA) is 50.4 Å². The predicted molar refractivity (Wildman–Crippen MR) is 76.5 cm³/mol. The van der Waals surface area contributed by atoms with Crippen LogP contribution < -0.4 is 10.6 Å². The molecule has 1 aliphatic rings. The summed E-state index contributed by atoms with van der Waals surface area (Å²) in [5, 5.41) is 6.26. The molecule has 1 aliphatic heterocycles. The summed E-state index contributed by atoms with van der Waals surface area (Å²) >= 11 is 0. The first-order chi connectivity index (χ1) is 8.98. The van der Waals surface area contributed by atoms with Crippen LogP contribution in [0.2, 0.25) is 0 Å². The van der Waals surface area contributed by atoms with E-state index in [0.717, 1.165) is 25.4 Å². The standard InChI is InChI=1S/C15H22N2O2/c1-11(2)17-14(18)12-4-6-13(7-5-12)16-8-15(3)9-19-10-15/h4-7,11,16H,8-10H2,1-3H3,(H,17,18). The molecule has 1 fully saturated rings. The molecule has 1 heterocycles. The van der Waals surface area contributed by atoms with Crippen molar-refractivity contribution in [1.82, 2.24) is 5.32 Å². The lowest BCUT2D eigenvalue weighted by Crippen LogP contribution is -2.45. The summed E-state index contributed by atoms with van der Waals surface area (Å²) in [5.41, 5.74) is 1.97. The van der Waals surface area contributed by atoms with Gasteiger partial charge in [-0.3, -0.25) is 4.79 Å². The Bertz CT molecular complexity index is 436. The number of hydrogen-bond donors (Lipinski definition) is 2. The van der Waals surface area contributed by atoms with Crippen LogP contribution in [0.3, 0.4) is 0 Å². The number of anilines is 1. The Kier molecular flexibility index (Phi) is 4.10. The second kappa shape index (κ2) is 5.61. The Labute approximate surface area is 114 Å². The third-order valence-electron chi connectivity index (χ3n) is 3.19. The summed E-state index contributed by atoms with van der Waals surface area (Å²) in [6.45, 7) is 8.63. The highest BCUT2D eigenvalue weighted by Gasteiger charge is 2.32. The van der Waals surface area contributed by atoms with E-state index in [4.69, 9.17) is 4.74 Å². The molecule has 1 saturated heterocycles. The largest absolute Gasteiger partial charge is 0.384 e. The van der Waals surface area contributed by atoms with Gasteiger partial charge in [-0.15, -0.1) is 0 Å². The molecule has 19 heavy (non-hydrogen) atoms. The average Bonchev–Trinajstić information content (AvgIpc) is 2.34. The van der Waals surface area contributed by atoms with Crippen molar-refractivity contribution in [2.45, 2.75) is 26.8 Å². The van der Waals surface area contributed by atoms with Gasteiger partial charge in [0.05, 0.1) is 13.2 Å². The van der Waals surface area contributed by atoms with Gasteiger partial charge in [0.2, 0.25) is 0 Å². The molecule has 0 aromatic heterocycles. The van der Waals surface area contributed by atoms with Gasteiger partial charge in [0.1, 0.15) is 0 Å². The van der Waals surface area contributed by atoms with Gasteiger partial charge in [-0.2, -0.15) is 0 Å². The molecular weight excluding hydrogens is 240 g/mol. The van der Waals surface area contributed by atoms with E-state index in [9.17, 15) is 4.79 Å². The molecule has 2 N–H and O–H groups in total. The van der Waals surface area contributed by atoms with Crippen molar-refractivity contribution in [2.75, 3.05) is 25.1 Å². The number of nitrogens with one attached hydrogen (secondary N) is 2. The maximum atomic E-state index is 11.8. The van der Waals surface area contributed by atoms with Crippen LogP contribution in [0.15, 0.2) is 24.3 Å². The fourth-order valence-electron chi connectivity index (χ4n) is 1.95. The van der Waals surface area contributed by atoms with Gasteiger partial charge in [0, 0.05) is 29.3 Å². The van der Waals surface area contributed by atoms with Gasteiger partial charge in [0.25, 0.3) is 5.91 Å². The van der Waals surface area contributed by atoms with Crippen LogP contribution in [0.1, 0.15) is 31.1 Å². The summed E-state index contributed by atoms with van der Waals surface area (Å²) in [6.07, 6.45) is 0. The summed E-state index contributed by atoms with van der Waals surface area (Å²) < 4.78 is 5.22. The van der Waals surface area contributed by atoms with E-state index in [1.807, 2.05) is 38.1 Å². The lowest BCUT2D eigenvalue weighted by atomic mass is 9.88. The van der Waals surface area contributed by atoms with Crippen LogP contribution in [0.5, 0.6) is 0 Å². The molecule has 1 aromatic rings. The number of benzene rings is 1. The molecular formula is C15H22N2O2. The van der Waals surface area contributed by atoms with E-state index < -0.39 is 0 Å². The first-order valence-electron chi connectivity index (χ1n) is 6.71. The number of carbonyl (C=O) groups is 1. The molecule has 0 aliphatic carbocycles. The van der Waals surface area contributed by atoms with Gasteiger partial charge in [-0.05, 0) is 38.1 Å². The van der Waals surface area contributed by atoms with E-state index in [0.29, 0.717) is 5.56 Å². The number of rotatable bonds is 5. The molecule has 1 amide bonds. The Hall–Kier alpha value is -1.55. The van der Waals surface area contributed by atoms with E-state index >= 15 is 0 Å². The van der Waals surface area contributed by atoms with Crippen molar-refractivity contribution in [3.05, 3.63) is 29.8 Å². The minimum absolute atomic E-state index is 0.0269. The Morgan fingerprint density at radius 2 is 1.95 bits per heavy atom. The number of carbonyl (C=O) groups excluding carboxylic acids is 1. The molecule has 4 nitrogen and oxygen atoms in total. The van der Waals surface area contributed by atoms with Crippen molar-refractivity contribution >= 4 is 11.6 Å². The second-order valence-electron chi connectivity index (χ2n) is 5.86. The van der Waals surface area contributed by atoms with Crippen LogP contribution in [-0.4, -0.2) is 31.7 Å². The quantitative estimate of drug-likeness (QED) is 0.856. The van der Waals surface area contributed by atoms with Crippen molar-refractivity contribution in [3.63, 3.8) is 0 Å². The van der Waals surface area contributed by atoms with Gasteiger partial charge in [0.15, 0.2) is 0 Å². The van der Waals surface area contributed by atoms with Crippen LogP contribution in [-0.2, 0) is 4.74 Å². The molecule has 1 aromatic carbocycles. The average molecular weight is 262 g/mol. The van der Waals surface area contributed by atoms with E-state index in [1.54, 1.807) is 0 Å². The van der Waals surface area contributed by atoms with E-state index in [2.05, 4.69) is 17.6 Å². The Morgan fingerprint density at radius 3 is 2.42 bits per heavy atom. The first kappa shape index (κ1) is 13.9. The van der Waals surface area contributed by atoms with Crippen molar-refractivity contribution in [1.29, 1.82) is 0 Å². The highest BCUT2D eigenvalue weighted by molar-refractivity contribution is 5.94. The number of amides is 1. The Morgan fingerprint density at radius 1 is 1.32 bits per heavy atom. The lowest BCUT2D eigenvalue weighted by molar-refractivity contribution is -0.0924. The monoisotopic (exact) mass is 262 g/mol. The summed E-state index contributed by atoms with van der Waals surface area (Å²) in [6, 6.07) is 7.74. The minimum Gasteiger partial charge on any atom is -0.384 e. The molecule has 0 saturated carbocycles. The summed E-state index contributed by atoms with van der Waals surface area (Å²) in [5.74, 6) is -0.0269. The smallest absolute Gasteiger partial charge is 0.251 e. The Balaban J connectivity index is 1.89. The van der Waals surface area contributed by atoms with Crippen molar-refractivity contribution < 1.29 is 9.53 Å². The molecule has 0 atom stereocenters. The molecule has 0 spiro atoms. The number of ether oxygens (including phenoxy) is 1. The molecule has 0 unspecified atom stereocenters. The zero-order valence-corrected chi connectivity index (χ0v) is 11.8. The highest BCUT2D eigenvalue weighted by atomic mass is 16.5. The predicted octanol–water partition coefficient (Wildman–Crippen LogP) is 2.27. The maximum Gasteiger partial charge on any atom is 0.251 e. The lowest BCUT2D eigenvalue weighted by Gasteiger charge is -2.38. The molecule has 0 bridgehead atoms.